The summed E-state index contributed by atoms with van der Waals surface area (Å²) in [6.45, 7) is 0. The SMILES string of the molecule is O=C1Nc2cc(F)c(F)cc2C1=Cc1cccc(OC(F)(F)F)c1. The van der Waals surface area contributed by atoms with Crippen LogP contribution in [0.2, 0.25) is 0 Å². The van der Waals surface area contributed by atoms with E-state index in [2.05, 4.69) is 10.1 Å². The molecule has 0 aliphatic carbocycles. The number of alkyl halides is 3. The Balaban J connectivity index is 2.00. The molecule has 1 N–H and O–H groups in total. The third kappa shape index (κ3) is 3.22. The minimum absolute atomic E-state index is 0.00746. The van der Waals surface area contributed by atoms with Crippen LogP contribution in [-0.2, 0) is 4.79 Å². The van der Waals surface area contributed by atoms with E-state index in [1.54, 1.807) is 0 Å². The summed E-state index contributed by atoms with van der Waals surface area (Å²) in [5, 5.41) is 2.36. The lowest BCUT2D eigenvalue weighted by atomic mass is 10.0. The number of carbonyl (C=O) groups is 1. The van der Waals surface area contributed by atoms with Crippen molar-refractivity contribution in [2.45, 2.75) is 6.36 Å². The van der Waals surface area contributed by atoms with Crippen molar-refractivity contribution in [2.24, 2.45) is 0 Å². The van der Waals surface area contributed by atoms with Crippen molar-refractivity contribution in [1.82, 2.24) is 0 Å². The lowest BCUT2D eigenvalue weighted by Crippen LogP contribution is -2.17. The van der Waals surface area contributed by atoms with Crippen molar-refractivity contribution in [3.8, 4) is 5.75 Å². The van der Waals surface area contributed by atoms with E-state index in [1.165, 1.54) is 18.2 Å². The molecule has 0 unspecified atom stereocenters. The van der Waals surface area contributed by atoms with E-state index in [-0.39, 0.29) is 22.4 Å². The number of rotatable bonds is 2. The Morgan fingerprint density at radius 3 is 2.46 bits per heavy atom. The number of ether oxygens (including phenoxy) is 1. The van der Waals surface area contributed by atoms with E-state index in [4.69, 9.17) is 0 Å². The summed E-state index contributed by atoms with van der Waals surface area (Å²) in [5.74, 6) is -3.32. The first-order valence-corrected chi connectivity index (χ1v) is 6.61. The van der Waals surface area contributed by atoms with Gasteiger partial charge in [0.25, 0.3) is 5.91 Å². The molecule has 24 heavy (non-hydrogen) atoms. The van der Waals surface area contributed by atoms with Gasteiger partial charge in [0.15, 0.2) is 11.6 Å². The molecule has 0 aromatic heterocycles. The van der Waals surface area contributed by atoms with Gasteiger partial charge in [-0.1, -0.05) is 12.1 Å². The Kier molecular flexibility index (Phi) is 3.75. The maximum Gasteiger partial charge on any atom is 0.573 e. The first-order chi connectivity index (χ1) is 11.2. The van der Waals surface area contributed by atoms with Gasteiger partial charge in [0, 0.05) is 17.2 Å². The van der Waals surface area contributed by atoms with E-state index in [0.717, 1.165) is 24.3 Å². The number of hydrogen-bond acceptors (Lipinski definition) is 2. The fourth-order valence-electron chi connectivity index (χ4n) is 2.30. The molecule has 0 atom stereocenters. The lowest BCUT2D eigenvalue weighted by molar-refractivity contribution is -0.274. The van der Waals surface area contributed by atoms with Gasteiger partial charge in [0.2, 0.25) is 0 Å². The Morgan fingerprint density at radius 2 is 1.75 bits per heavy atom. The second-order valence-electron chi connectivity index (χ2n) is 4.94. The van der Waals surface area contributed by atoms with Crippen molar-refractivity contribution in [1.29, 1.82) is 0 Å². The zero-order valence-corrected chi connectivity index (χ0v) is 11.7. The smallest absolute Gasteiger partial charge is 0.406 e. The largest absolute Gasteiger partial charge is 0.573 e. The Morgan fingerprint density at radius 1 is 1.04 bits per heavy atom. The summed E-state index contributed by atoms with van der Waals surface area (Å²) in [4.78, 5) is 11.9. The number of benzene rings is 2. The molecule has 1 heterocycles. The molecule has 8 heteroatoms. The number of carbonyl (C=O) groups excluding carboxylic acids is 1. The molecule has 124 valence electrons. The average Bonchev–Trinajstić information content (AvgIpc) is 2.74. The van der Waals surface area contributed by atoms with Crippen molar-refractivity contribution in [3.05, 3.63) is 59.2 Å². The molecule has 0 saturated carbocycles. The van der Waals surface area contributed by atoms with Crippen LogP contribution < -0.4 is 10.1 Å². The van der Waals surface area contributed by atoms with Crippen LogP contribution in [0.4, 0.5) is 27.6 Å². The second kappa shape index (κ2) is 5.63. The summed E-state index contributed by atoms with van der Waals surface area (Å²) < 4.78 is 67.1. The molecule has 0 saturated heterocycles. The van der Waals surface area contributed by atoms with Crippen molar-refractivity contribution >= 4 is 23.2 Å². The molecule has 0 radical (unpaired) electrons. The molecule has 2 aromatic carbocycles. The van der Waals surface area contributed by atoms with Crippen molar-refractivity contribution in [2.75, 3.05) is 5.32 Å². The number of fused-ring (bicyclic) bond motifs is 1. The first kappa shape index (κ1) is 16.0. The van der Waals surface area contributed by atoms with Crippen LogP contribution in [0.25, 0.3) is 11.6 Å². The van der Waals surface area contributed by atoms with Gasteiger partial charge in [0.05, 0.1) is 5.69 Å². The van der Waals surface area contributed by atoms with Crippen LogP contribution in [0.1, 0.15) is 11.1 Å². The summed E-state index contributed by atoms with van der Waals surface area (Å²) in [6, 6.07) is 6.63. The molecule has 0 bridgehead atoms. The molecule has 0 spiro atoms. The summed E-state index contributed by atoms with van der Waals surface area (Å²) in [6.07, 6.45) is -3.58. The van der Waals surface area contributed by atoms with Gasteiger partial charge in [0.1, 0.15) is 5.75 Å². The van der Waals surface area contributed by atoms with Gasteiger partial charge in [-0.2, -0.15) is 0 Å². The van der Waals surface area contributed by atoms with Crippen LogP contribution >= 0.6 is 0 Å². The number of hydrogen-bond donors (Lipinski definition) is 1. The third-order valence-electron chi connectivity index (χ3n) is 3.25. The Hall–Kier alpha value is -2.90. The zero-order valence-electron chi connectivity index (χ0n) is 11.7. The van der Waals surface area contributed by atoms with Crippen LogP contribution in [0, 0.1) is 11.6 Å². The van der Waals surface area contributed by atoms with E-state index in [9.17, 15) is 26.7 Å². The Bertz CT molecular complexity index is 858. The summed E-state index contributed by atoms with van der Waals surface area (Å²) >= 11 is 0. The normalized spacial score (nSPS) is 15.4. The second-order valence-corrected chi connectivity index (χ2v) is 4.94. The minimum Gasteiger partial charge on any atom is -0.406 e. The molecule has 2 aromatic rings. The van der Waals surface area contributed by atoms with E-state index in [1.807, 2.05) is 0 Å². The van der Waals surface area contributed by atoms with Gasteiger partial charge >= 0.3 is 6.36 Å². The van der Waals surface area contributed by atoms with E-state index < -0.39 is 29.7 Å². The highest BCUT2D eigenvalue weighted by Crippen LogP contribution is 2.35. The average molecular weight is 341 g/mol. The summed E-state index contributed by atoms with van der Waals surface area (Å²) in [5.41, 5.74) is 0.460. The molecule has 1 amide bonds. The van der Waals surface area contributed by atoms with E-state index in [0.29, 0.717) is 0 Å². The molecule has 3 rings (SSSR count). The number of amides is 1. The predicted octanol–water partition coefficient (Wildman–Crippen LogP) is 4.36. The van der Waals surface area contributed by atoms with Gasteiger partial charge in [-0.25, -0.2) is 8.78 Å². The molecule has 3 nitrogen and oxygen atoms in total. The highest BCUT2D eigenvalue weighted by Gasteiger charge is 2.31. The van der Waals surface area contributed by atoms with Crippen LogP contribution in [0.5, 0.6) is 5.75 Å². The fourth-order valence-corrected chi connectivity index (χ4v) is 2.30. The number of anilines is 1. The van der Waals surface area contributed by atoms with E-state index >= 15 is 0 Å². The van der Waals surface area contributed by atoms with Gasteiger partial charge in [-0.15, -0.1) is 13.2 Å². The third-order valence-corrected chi connectivity index (χ3v) is 3.25. The summed E-state index contributed by atoms with van der Waals surface area (Å²) in [7, 11) is 0. The highest BCUT2D eigenvalue weighted by molar-refractivity contribution is 6.34. The lowest BCUT2D eigenvalue weighted by Gasteiger charge is -2.09. The fraction of sp³-hybridized carbons (Fsp3) is 0.0625. The molecule has 1 aliphatic heterocycles. The monoisotopic (exact) mass is 341 g/mol. The van der Waals surface area contributed by atoms with Gasteiger partial charge < -0.3 is 10.1 Å². The highest BCUT2D eigenvalue weighted by atomic mass is 19.4. The minimum atomic E-state index is -4.84. The van der Waals surface area contributed by atoms with Gasteiger partial charge in [-0.3, -0.25) is 4.79 Å². The number of nitrogens with one attached hydrogen (secondary N) is 1. The van der Waals surface area contributed by atoms with Gasteiger partial charge in [-0.05, 0) is 29.8 Å². The topological polar surface area (TPSA) is 38.3 Å². The maximum absolute atomic E-state index is 13.4. The molecular weight excluding hydrogens is 333 g/mol. The maximum atomic E-state index is 13.4. The first-order valence-electron chi connectivity index (χ1n) is 6.61. The number of halogens is 5. The van der Waals surface area contributed by atoms with Crippen LogP contribution in [-0.4, -0.2) is 12.3 Å². The standard InChI is InChI=1S/C16H8F5NO2/c17-12-6-10-11(15(23)22-14(10)7-13(12)18)5-8-2-1-3-9(4-8)24-16(19,20)21/h1-7H,(H,22,23). The molecule has 1 aliphatic rings. The zero-order chi connectivity index (χ0) is 17.5. The van der Waals surface area contributed by atoms with Crippen molar-refractivity contribution < 1.29 is 31.5 Å². The van der Waals surface area contributed by atoms with Crippen molar-refractivity contribution in [3.63, 3.8) is 0 Å². The molecular formula is C16H8F5NO2. The molecule has 0 fully saturated rings. The Labute approximate surface area is 132 Å². The van der Waals surface area contributed by atoms with Crippen LogP contribution in [0.3, 0.4) is 0 Å². The predicted molar refractivity (Wildman–Crippen MR) is 76.0 cm³/mol. The quantitative estimate of drug-likeness (QED) is 0.651. The van der Waals surface area contributed by atoms with Crippen LogP contribution in [0.15, 0.2) is 36.4 Å².